The van der Waals surface area contributed by atoms with Gasteiger partial charge in [-0.2, -0.15) is 0 Å². The van der Waals surface area contributed by atoms with Crippen LogP contribution in [0.25, 0.3) is 0 Å². The lowest BCUT2D eigenvalue weighted by molar-refractivity contribution is -0.292. The summed E-state index contributed by atoms with van der Waals surface area (Å²) < 4.78 is 21.6. The number of nitrogens with zero attached hydrogens (tertiary/aromatic N) is 1. The van der Waals surface area contributed by atoms with Gasteiger partial charge in [0.25, 0.3) is 0 Å². The molecule has 0 unspecified atom stereocenters. The molecule has 270 valence electrons. The fourth-order valence-corrected chi connectivity index (χ4v) is 5.73. The van der Waals surface area contributed by atoms with Crippen molar-refractivity contribution in [2.45, 2.75) is 126 Å². The molecule has 4 amide bonds. The molecule has 3 aliphatic heterocycles. The van der Waals surface area contributed by atoms with Crippen LogP contribution in [0.1, 0.15) is 52.4 Å². The first-order valence-electron chi connectivity index (χ1n) is 16.0. The Hall–Kier alpha value is -2.52. The zero-order valence-corrected chi connectivity index (χ0v) is 26.9. The molecule has 9 N–H and O–H groups in total. The van der Waals surface area contributed by atoms with E-state index < -0.39 is 91.2 Å². The van der Waals surface area contributed by atoms with Crippen LogP contribution >= 0.6 is 0 Å². The van der Waals surface area contributed by atoms with Crippen molar-refractivity contribution in [3.05, 3.63) is 0 Å². The summed E-state index contributed by atoms with van der Waals surface area (Å²) in [4.78, 5) is 52.5. The predicted molar refractivity (Wildman–Crippen MR) is 159 cm³/mol. The highest BCUT2D eigenvalue weighted by atomic mass is 16.7. The molecule has 3 aliphatic rings. The summed E-state index contributed by atoms with van der Waals surface area (Å²) in [6, 6.07) is -1.94. The van der Waals surface area contributed by atoms with E-state index in [4.69, 9.17) is 18.9 Å². The third-order valence-corrected chi connectivity index (χ3v) is 8.59. The first-order chi connectivity index (χ1) is 22.3. The Labute approximate surface area is 272 Å². The van der Waals surface area contributed by atoms with Gasteiger partial charge < -0.3 is 70.4 Å². The molecule has 3 rings (SSSR count). The first kappa shape index (κ1) is 38.9. The van der Waals surface area contributed by atoms with Crippen LogP contribution in [-0.2, 0) is 38.1 Å². The molecule has 0 aliphatic carbocycles. The number of rotatable bonds is 15. The van der Waals surface area contributed by atoms with Gasteiger partial charge in [0.15, 0.2) is 12.6 Å². The van der Waals surface area contributed by atoms with Crippen LogP contribution < -0.4 is 16.0 Å². The summed E-state index contributed by atoms with van der Waals surface area (Å²) >= 11 is 0. The van der Waals surface area contributed by atoms with Crippen molar-refractivity contribution in [1.29, 1.82) is 0 Å². The minimum absolute atomic E-state index is 0.00329. The van der Waals surface area contributed by atoms with Crippen LogP contribution in [-0.4, -0.2) is 166 Å². The van der Waals surface area contributed by atoms with E-state index in [0.717, 1.165) is 0 Å². The second kappa shape index (κ2) is 18.3. The molecule has 3 saturated heterocycles. The third-order valence-electron chi connectivity index (χ3n) is 8.59. The molecule has 0 aromatic heterocycles. The van der Waals surface area contributed by atoms with Gasteiger partial charge in [0.1, 0.15) is 48.7 Å². The molecule has 3 heterocycles. The highest BCUT2D eigenvalue weighted by molar-refractivity contribution is 5.94. The molecule has 0 bridgehead atoms. The SMILES string of the molecule is CNC(=O)CCCCC(=O)N1[C@H](C(=O)NCCO[C@@H]2O[C@@H](C)[C@@H](O)[C@@H](O)[C@@H]2O)CC[C@H]1C(=O)NCCO[C@@H]1O[C@@H](C)[C@@H](O)[C@@H](O)[C@@H]1O. The van der Waals surface area contributed by atoms with Crippen LogP contribution in [0.5, 0.6) is 0 Å². The third kappa shape index (κ3) is 10.2. The lowest BCUT2D eigenvalue weighted by Crippen LogP contribution is -2.57. The second-order valence-electron chi connectivity index (χ2n) is 12.0. The van der Waals surface area contributed by atoms with Gasteiger partial charge >= 0.3 is 0 Å². The summed E-state index contributed by atoms with van der Waals surface area (Å²) in [7, 11) is 1.51. The summed E-state index contributed by atoms with van der Waals surface area (Å²) in [5.41, 5.74) is 0. The predicted octanol–water partition coefficient (Wildman–Crippen LogP) is -4.43. The van der Waals surface area contributed by atoms with Gasteiger partial charge in [-0.1, -0.05) is 0 Å². The fourth-order valence-electron chi connectivity index (χ4n) is 5.73. The standard InChI is InChI=1S/C29H50N4O14/c1-14-20(36)22(38)24(40)28(46-14)44-12-10-31-26(42)16-8-9-17(33(16)19(35)7-5-4-6-18(34)30-3)27(43)32-11-13-45-29-25(41)23(39)21(37)15(2)47-29/h14-17,20-25,28-29,36-41H,4-13H2,1-3H3,(H,30,34)(H,31,42)(H,32,43)/t14-,15-,16-,17-,20+,21+,22+,23+,24-,25-,28+,29+/m0/s1. The maximum atomic E-state index is 13.3. The van der Waals surface area contributed by atoms with Gasteiger partial charge in [-0.25, -0.2) is 0 Å². The van der Waals surface area contributed by atoms with Crippen molar-refractivity contribution in [2.24, 2.45) is 0 Å². The van der Waals surface area contributed by atoms with Crippen molar-refractivity contribution < 1.29 is 68.8 Å². The molecule has 12 atom stereocenters. The molecule has 18 heteroatoms. The molecule has 0 saturated carbocycles. The second-order valence-corrected chi connectivity index (χ2v) is 12.0. The van der Waals surface area contributed by atoms with E-state index in [1.807, 2.05) is 0 Å². The van der Waals surface area contributed by atoms with Gasteiger partial charge in [-0.05, 0) is 39.5 Å². The number of aliphatic hydroxyl groups is 6. The molecular formula is C29H50N4O14. The molecule has 0 radical (unpaired) electrons. The molecular weight excluding hydrogens is 628 g/mol. The maximum Gasteiger partial charge on any atom is 0.242 e. The number of hydrogen-bond donors (Lipinski definition) is 9. The van der Waals surface area contributed by atoms with Gasteiger partial charge in [-0.15, -0.1) is 0 Å². The van der Waals surface area contributed by atoms with Gasteiger partial charge in [-0.3, -0.25) is 19.2 Å². The van der Waals surface area contributed by atoms with Gasteiger partial charge in [0.05, 0.1) is 25.4 Å². The Morgan fingerprint density at radius 2 is 1.11 bits per heavy atom. The largest absolute Gasteiger partial charge is 0.388 e. The van der Waals surface area contributed by atoms with E-state index in [1.54, 1.807) is 0 Å². The molecule has 47 heavy (non-hydrogen) atoms. The highest BCUT2D eigenvalue weighted by Gasteiger charge is 2.45. The number of carbonyl (C=O) groups is 4. The Balaban J connectivity index is 1.54. The number of likely N-dealkylation sites (tertiary alicyclic amines) is 1. The number of ether oxygens (including phenoxy) is 4. The minimum Gasteiger partial charge on any atom is -0.388 e. The van der Waals surface area contributed by atoms with Crippen LogP contribution in [0.3, 0.4) is 0 Å². The van der Waals surface area contributed by atoms with Crippen molar-refractivity contribution in [2.75, 3.05) is 33.4 Å². The summed E-state index contributed by atoms with van der Waals surface area (Å²) in [6.07, 6.45) is -11.2. The summed E-state index contributed by atoms with van der Waals surface area (Å²) in [5, 5.41) is 67.6. The van der Waals surface area contributed by atoms with Gasteiger partial charge in [0, 0.05) is 33.0 Å². The van der Waals surface area contributed by atoms with Crippen LogP contribution in [0.15, 0.2) is 0 Å². The van der Waals surface area contributed by atoms with Crippen molar-refractivity contribution in [1.82, 2.24) is 20.9 Å². The van der Waals surface area contributed by atoms with E-state index in [1.165, 1.54) is 25.8 Å². The molecule has 18 nitrogen and oxygen atoms in total. The van der Waals surface area contributed by atoms with E-state index in [2.05, 4.69) is 16.0 Å². The number of unbranched alkanes of at least 4 members (excludes halogenated alkanes) is 1. The maximum absolute atomic E-state index is 13.3. The van der Waals surface area contributed by atoms with Crippen molar-refractivity contribution in [3.8, 4) is 0 Å². The normalized spacial score (nSPS) is 35.7. The van der Waals surface area contributed by atoms with E-state index in [0.29, 0.717) is 12.8 Å². The van der Waals surface area contributed by atoms with E-state index in [-0.39, 0.29) is 57.9 Å². The smallest absolute Gasteiger partial charge is 0.242 e. The average Bonchev–Trinajstić information content (AvgIpc) is 3.51. The topological polar surface area (TPSA) is 266 Å². The highest BCUT2D eigenvalue weighted by Crippen LogP contribution is 2.27. The lowest BCUT2D eigenvalue weighted by atomic mass is 10.0. The number of hydrogen-bond acceptors (Lipinski definition) is 14. The Bertz CT molecular complexity index is 992. The fraction of sp³-hybridized carbons (Fsp3) is 0.862. The Morgan fingerprint density at radius 1 is 0.681 bits per heavy atom. The van der Waals surface area contributed by atoms with Crippen molar-refractivity contribution >= 4 is 23.6 Å². The summed E-state index contributed by atoms with van der Waals surface area (Å²) in [6.45, 7) is 2.68. The Kier molecular flexibility index (Phi) is 15.2. The zero-order valence-electron chi connectivity index (χ0n) is 26.9. The number of nitrogens with one attached hydrogen (secondary N) is 3. The Morgan fingerprint density at radius 3 is 1.53 bits per heavy atom. The average molecular weight is 679 g/mol. The molecule has 3 fully saturated rings. The number of amides is 4. The van der Waals surface area contributed by atoms with Crippen LogP contribution in [0, 0.1) is 0 Å². The van der Waals surface area contributed by atoms with E-state index >= 15 is 0 Å². The summed E-state index contributed by atoms with van der Waals surface area (Å²) in [5.74, 6) is -1.67. The quantitative estimate of drug-likeness (QED) is 0.0741. The molecule has 0 spiro atoms. The van der Waals surface area contributed by atoms with E-state index in [9.17, 15) is 49.8 Å². The molecule has 0 aromatic rings. The lowest BCUT2D eigenvalue weighted by Gasteiger charge is -2.39. The monoisotopic (exact) mass is 678 g/mol. The molecule has 0 aromatic carbocycles. The van der Waals surface area contributed by atoms with Crippen LogP contribution in [0.2, 0.25) is 0 Å². The number of aliphatic hydroxyl groups excluding tert-OH is 6. The van der Waals surface area contributed by atoms with Crippen LogP contribution in [0.4, 0.5) is 0 Å². The van der Waals surface area contributed by atoms with Gasteiger partial charge in [0.2, 0.25) is 23.6 Å². The number of carbonyl (C=O) groups excluding carboxylic acids is 4. The van der Waals surface area contributed by atoms with Crippen molar-refractivity contribution in [3.63, 3.8) is 0 Å². The zero-order chi connectivity index (χ0) is 34.8. The minimum atomic E-state index is -1.50. The first-order valence-corrected chi connectivity index (χ1v) is 16.0.